The number of ether oxygens (including phenoxy) is 1. The minimum Gasteiger partial charge on any atom is -0.457 e. The van der Waals surface area contributed by atoms with Gasteiger partial charge in [0.2, 0.25) is 0 Å². The van der Waals surface area contributed by atoms with Crippen molar-refractivity contribution >= 4 is 27.8 Å². The molecule has 2 aromatic carbocycles. The van der Waals surface area contributed by atoms with Crippen molar-refractivity contribution in [3.8, 4) is 0 Å². The lowest BCUT2D eigenvalue weighted by Crippen LogP contribution is -1.98. The van der Waals surface area contributed by atoms with E-state index < -0.39 is 16.7 Å². The summed E-state index contributed by atoms with van der Waals surface area (Å²) in [6, 6.07) is 11.0. The second-order valence-corrected chi connectivity index (χ2v) is 6.55. The Hall–Kier alpha value is -2.47. The Kier molecular flexibility index (Phi) is 4.49. The van der Waals surface area contributed by atoms with Crippen molar-refractivity contribution in [3.05, 3.63) is 70.5 Å². The van der Waals surface area contributed by atoms with Gasteiger partial charge in [-0.2, -0.15) is 0 Å². The second-order valence-electron chi connectivity index (χ2n) is 5.57. The van der Waals surface area contributed by atoms with E-state index >= 15 is 0 Å². The Morgan fingerprint density at radius 1 is 1.08 bits per heavy atom. The van der Waals surface area contributed by atoms with Crippen LogP contribution in [0, 0.1) is 12.7 Å². The monoisotopic (exact) mass is 346 g/mol. The average molecular weight is 346 g/mol. The standard InChI is InChI=1S/C18H15FO4S/c1-11-8-13(2-3-14(11)10-24(21)22)16-9-23-18(20)17(16)12-4-6-15(19)7-5-12/h2-8,24H,9-10H2,1H3. The van der Waals surface area contributed by atoms with Crippen LogP contribution in [-0.4, -0.2) is 21.0 Å². The van der Waals surface area contributed by atoms with Crippen LogP contribution in [0.25, 0.3) is 11.1 Å². The highest BCUT2D eigenvalue weighted by atomic mass is 32.2. The Morgan fingerprint density at radius 2 is 1.75 bits per heavy atom. The molecule has 0 aliphatic carbocycles. The van der Waals surface area contributed by atoms with Crippen molar-refractivity contribution < 1.29 is 22.3 Å². The molecule has 0 radical (unpaired) electrons. The molecule has 0 saturated carbocycles. The largest absolute Gasteiger partial charge is 0.457 e. The lowest BCUT2D eigenvalue weighted by atomic mass is 9.94. The van der Waals surface area contributed by atoms with Gasteiger partial charge in [-0.25, -0.2) is 17.6 Å². The van der Waals surface area contributed by atoms with Gasteiger partial charge in [-0.15, -0.1) is 0 Å². The predicted octanol–water partition coefficient (Wildman–Crippen LogP) is 2.71. The first-order chi connectivity index (χ1) is 11.5. The highest BCUT2D eigenvalue weighted by Crippen LogP contribution is 2.33. The Morgan fingerprint density at radius 3 is 2.38 bits per heavy atom. The van der Waals surface area contributed by atoms with Crippen LogP contribution in [0.2, 0.25) is 0 Å². The van der Waals surface area contributed by atoms with Crippen LogP contribution in [0.3, 0.4) is 0 Å². The zero-order valence-electron chi connectivity index (χ0n) is 12.9. The van der Waals surface area contributed by atoms with E-state index in [1.165, 1.54) is 12.1 Å². The number of halogens is 1. The smallest absolute Gasteiger partial charge is 0.339 e. The first kappa shape index (κ1) is 16.4. The van der Waals surface area contributed by atoms with Gasteiger partial charge >= 0.3 is 5.97 Å². The van der Waals surface area contributed by atoms with Crippen molar-refractivity contribution in [3.63, 3.8) is 0 Å². The lowest BCUT2D eigenvalue weighted by Gasteiger charge is -2.08. The maximum Gasteiger partial charge on any atom is 0.339 e. The summed E-state index contributed by atoms with van der Waals surface area (Å²) in [6.45, 7) is 1.97. The summed E-state index contributed by atoms with van der Waals surface area (Å²) in [6.07, 6.45) is 0. The number of hydrogen-bond donors (Lipinski definition) is 1. The summed E-state index contributed by atoms with van der Waals surface area (Å²) in [4.78, 5) is 12.1. The van der Waals surface area contributed by atoms with Gasteiger partial charge in [0.05, 0.1) is 11.3 Å². The summed E-state index contributed by atoms with van der Waals surface area (Å²) in [5, 5.41) is 0. The molecule has 1 aliphatic heterocycles. The molecule has 24 heavy (non-hydrogen) atoms. The lowest BCUT2D eigenvalue weighted by molar-refractivity contribution is -0.133. The number of carbonyl (C=O) groups excluding carboxylic acids is 1. The second kappa shape index (κ2) is 6.57. The van der Waals surface area contributed by atoms with E-state index in [-0.39, 0.29) is 18.2 Å². The minimum absolute atomic E-state index is 0.0132. The molecule has 0 atom stereocenters. The van der Waals surface area contributed by atoms with Gasteiger partial charge in [0.1, 0.15) is 23.1 Å². The van der Waals surface area contributed by atoms with Crippen molar-refractivity contribution in [1.82, 2.24) is 0 Å². The fourth-order valence-corrected chi connectivity index (χ4v) is 3.37. The summed E-state index contributed by atoms with van der Waals surface area (Å²) in [7, 11) is -2.49. The van der Waals surface area contributed by atoms with Crippen LogP contribution in [-0.2, 0) is 26.0 Å². The van der Waals surface area contributed by atoms with Crippen LogP contribution >= 0.6 is 0 Å². The van der Waals surface area contributed by atoms with Gasteiger partial charge in [-0.3, -0.25) is 0 Å². The third-order valence-electron chi connectivity index (χ3n) is 3.98. The molecule has 2 aromatic rings. The highest BCUT2D eigenvalue weighted by molar-refractivity contribution is 7.71. The Balaban J connectivity index is 2.07. The van der Waals surface area contributed by atoms with E-state index in [0.717, 1.165) is 16.7 Å². The molecule has 0 unspecified atom stereocenters. The zero-order valence-corrected chi connectivity index (χ0v) is 13.8. The number of rotatable bonds is 4. The molecular weight excluding hydrogens is 331 g/mol. The number of benzene rings is 2. The van der Waals surface area contributed by atoms with E-state index in [4.69, 9.17) is 4.74 Å². The molecule has 0 aromatic heterocycles. The molecule has 6 heteroatoms. The topological polar surface area (TPSA) is 60.4 Å². The van der Waals surface area contributed by atoms with E-state index in [9.17, 15) is 17.6 Å². The van der Waals surface area contributed by atoms with Gasteiger partial charge in [-0.1, -0.05) is 30.3 Å². The number of aryl methyl sites for hydroxylation is 1. The molecule has 0 spiro atoms. The third-order valence-corrected chi connectivity index (χ3v) is 4.58. The van der Waals surface area contributed by atoms with Crippen molar-refractivity contribution in [1.29, 1.82) is 0 Å². The number of esters is 1. The van der Waals surface area contributed by atoms with Gasteiger partial charge in [0, 0.05) is 5.57 Å². The molecule has 124 valence electrons. The maximum absolute atomic E-state index is 13.1. The first-order valence-corrected chi connectivity index (χ1v) is 8.70. The van der Waals surface area contributed by atoms with Gasteiger partial charge in [0.25, 0.3) is 0 Å². The molecule has 1 heterocycles. The van der Waals surface area contributed by atoms with Crippen LogP contribution in [0.5, 0.6) is 0 Å². The third kappa shape index (κ3) is 3.23. The molecule has 1 aliphatic rings. The fourth-order valence-electron chi connectivity index (χ4n) is 2.74. The summed E-state index contributed by atoms with van der Waals surface area (Å²) >= 11 is 0. The first-order valence-electron chi connectivity index (χ1n) is 7.33. The van der Waals surface area contributed by atoms with E-state index in [1.807, 2.05) is 13.0 Å². The van der Waals surface area contributed by atoms with Crippen LogP contribution in [0.4, 0.5) is 4.39 Å². The molecule has 0 amide bonds. The molecular formula is C18H15FO4S. The van der Waals surface area contributed by atoms with E-state index in [1.54, 1.807) is 24.3 Å². The van der Waals surface area contributed by atoms with Crippen LogP contribution in [0.1, 0.15) is 22.3 Å². The van der Waals surface area contributed by atoms with Crippen molar-refractivity contribution in [2.75, 3.05) is 6.61 Å². The van der Waals surface area contributed by atoms with Crippen LogP contribution < -0.4 is 0 Å². The van der Waals surface area contributed by atoms with Crippen molar-refractivity contribution in [2.45, 2.75) is 12.7 Å². The minimum atomic E-state index is -2.49. The van der Waals surface area contributed by atoms with Gasteiger partial charge in [0.15, 0.2) is 0 Å². The Labute approximate surface area is 140 Å². The predicted molar refractivity (Wildman–Crippen MR) is 89.4 cm³/mol. The normalized spacial score (nSPS) is 14.4. The summed E-state index contributed by atoms with van der Waals surface area (Å²) in [5.41, 5.74) is 4.08. The molecule has 0 bridgehead atoms. The molecule has 0 N–H and O–H groups in total. The number of thiol groups is 1. The fraction of sp³-hybridized carbons (Fsp3) is 0.167. The average Bonchev–Trinajstić information content (AvgIpc) is 2.91. The maximum atomic E-state index is 13.1. The Bertz CT molecular complexity index is 903. The molecule has 4 nitrogen and oxygen atoms in total. The molecule has 0 saturated heterocycles. The van der Waals surface area contributed by atoms with Crippen LogP contribution in [0.15, 0.2) is 42.5 Å². The van der Waals surface area contributed by atoms with Crippen molar-refractivity contribution in [2.24, 2.45) is 0 Å². The summed E-state index contributed by atoms with van der Waals surface area (Å²) in [5.74, 6) is -0.832. The highest BCUT2D eigenvalue weighted by Gasteiger charge is 2.27. The van der Waals surface area contributed by atoms with E-state index in [2.05, 4.69) is 0 Å². The quantitative estimate of drug-likeness (QED) is 0.683. The molecule has 0 fully saturated rings. The summed E-state index contributed by atoms with van der Waals surface area (Å²) < 4.78 is 40.1. The number of hydrogen-bond acceptors (Lipinski definition) is 4. The SMILES string of the molecule is Cc1cc(C2=C(c3ccc(F)cc3)C(=O)OC2)ccc1C[SH](=O)=O. The van der Waals surface area contributed by atoms with E-state index in [0.29, 0.717) is 16.7 Å². The van der Waals surface area contributed by atoms with Gasteiger partial charge in [-0.05, 0) is 41.3 Å². The number of cyclic esters (lactones) is 1. The zero-order chi connectivity index (χ0) is 17.3. The number of carbonyl (C=O) groups is 1. The molecule has 3 rings (SSSR count). The van der Waals surface area contributed by atoms with Gasteiger partial charge < -0.3 is 4.74 Å².